The van der Waals surface area contributed by atoms with Crippen LogP contribution in [0.4, 0.5) is 0 Å². The average molecular weight is 240 g/mol. The van der Waals surface area contributed by atoms with Gasteiger partial charge in [-0.25, -0.2) is 0 Å². The van der Waals surface area contributed by atoms with Crippen molar-refractivity contribution in [2.75, 3.05) is 13.7 Å². The Bertz CT molecular complexity index is 325. The summed E-state index contributed by atoms with van der Waals surface area (Å²) in [6, 6.07) is 8.63. The minimum atomic E-state index is 0.415. The average Bonchev–Trinajstić information content (AvgIpc) is 2.32. The van der Waals surface area contributed by atoms with Gasteiger partial charge in [0.2, 0.25) is 0 Å². The van der Waals surface area contributed by atoms with E-state index >= 15 is 0 Å². The SMILES string of the molecule is CO[C@@H]1CCNC(Cc2ccc(Cl)cc2)C1. The smallest absolute Gasteiger partial charge is 0.0598 e. The second kappa shape index (κ2) is 5.67. The Hall–Kier alpha value is -0.570. The third-order valence-corrected chi connectivity index (χ3v) is 3.43. The predicted molar refractivity (Wildman–Crippen MR) is 67.0 cm³/mol. The first kappa shape index (κ1) is 11.9. The van der Waals surface area contributed by atoms with E-state index in [1.165, 1.54) is 5.56 Å². The number of halogens is 1. The summed E-state index contributed by atoms with van der Waals surface area (Å²) >= 11 is 5.86. The van der Waals surface area contributed by atoms with Crippen LogP contribution in [-0.4, -0.2) is 25.8 Å². The van der Waals surface area contributed by atoms with E-state index in [9.17, 15) is 0 Å². The number of rotatable bonds is 3. The van der Waals surface area contributed by atoms with Gasteiger partial charge in [0.1, 0.15) is 0 Å². The molecule has 1 aliphatic rings. The first-order chi connectivity index (χ1) is 7.78. The molecular formula is C13H18ClNO. The van der Waals surface area contributed by atoms with E-state index in [-0.39, 0.29) is 0 Å². The van der Waals surface area contributed by atoms with Gasteiger partial charge in [0.15, 0.2) is 0 Å². The monoisotopic (exact) mass is 239 g/mol. The molecule has 1 unspecified atom stereocenters. The van der Waals surface area contributed by atoms with Gasteiger partial charge in [-0.15, -0.1) is 0 Å². The Kier molecular flexibility index (Phi) is 4.22. The fourth-order valence-electron chi connectivity index (χ4n) is 2.24. The Morgan fingerprint density at radius 3 is 2.81 bits per heavy atom. The van der Waals surface area contributed by atoms with Gasteiger partial charge in [-0.2, -0.15) is 0 Å². The topological polar surface area (TPSA) is 21.3 Å². The van der Waals surface area contributed by atoms with Crippen molar-refractivity contribution in [2.45, 2.75) is 31.4 Å². The van der Waals surface area contributed by atoms with Crippen molar-refractivity contribution in [1.29, 1.82) is 0 Å². The molecule has 88 valence electrons. The fraction of sp³-hybridized carbons (Fsp3) is 0.538. The Morgan fingerprint density at radius 1 is 1.38 bits per heavy atom. The van der Waals surface area contributed by atoms with Gasteiger partial charge in [0.25, 0.3) is 0 Å². The van der Waals surface area contributed by atoms with Gasteiger partial charge >= 0.3 is 0 Å². The highest BCUT2D eigenvalue weighted by Gasteiger charge is 2.20. The number of benzene rings is 1. The maximum absolute atomic E-state index is 5.86. The molecule has 1 heterocycles. The molecule has 1 aromatic rings. The van der Waals surface area contributed by atoms with E-state index < -0.39 is 0 Å². The lowest BCUT2D eigenvalue weighted by Gasteiger charge is -2.29. The second-order valence-electron chi connectivity index (χ2n) is 4.36. The van der Waals surface area contributed by atoms with Crippen LogP contribution in [0.3, 0.4) is 0 Å². The van der Waals surface area contributed by atoms with Gasteiger partial charge in [-0.05, 0) is 43.5 Å². The second-order valence-corrected chi connectivity index (χ2v) is 4.80. The number of ether oxygens (including phenoxy) is 1. The Morgan fingerprint density at radius 2 is 2.12 bits per heavy atom. The van der Waals surface area contributed by atoms with Crippen molar-refractivity contribution in [3.63, 3.8) is 0 Å². The molecule has 1 saturated heterocycles. The number of piperidine rings is 1. The number of hydrogen-bond acceptors (Lipinski definition) is 2. The van der Waals surface area contributed by atoms with Crippen LogP contribution in [0, 0.1) is 0 Å². The Balaban J connectivity index is 1.91. The molecule has 1 aromatic carbocycles. The van der Waals surface area contributed by atoms with Crippen LogP contribution < -0.4 is 5.32 Å². The summed E-state index contributed by atoms with van der Waals surface area (Å²) in [6.07, 6.45) is 3.68. The molecule has 0 spiro atoms. The molecule has 0 saturated carbocycles. The lowest BCUT2D eigenvalue weighted by Crippen LogP contribution is -2.42. The van der Waals surface area contributed by atoms with Gasteiger partial charge in [0, 0.05) is 18.2 Å². The van der Waals surface area contributed by atoms with Crippen molar-refractivity contribution >= 4 is 11.6 Å². The summed E-state index contributed by atoms with van der Waals surface area (Å²) in [5.74, 6) is 0. The molecule has 2 atom stereocenters. The number of methoxy groups -OCH3 is 1. The molecule has 0 aromatic heterocycles. The third kappa shape index (κ3) is 3.21. The van der Waals surface area contributed by atoms with Crippen LogP contribution in [0.5, 0.6) is 0 Å². The summed E-state index contributed by atoms with van der Waals surface area (Å²) in [5, 5.41) is 4.33. The first-order valence-electron chi connectivity index (χ1n) is 5.78. The molecule has 0 radical (unpaired) electrons. The van der Waals surface area contributed by atoms with Gasteiger partial charge < -0.3 is 10.1 Å². The molecule has 0 amide bonds. The molecule has 0 bridgehead atoms. The summed E-state index contributed by atoms with van der Waals surface area (Å²) in [5.41, 5.74) is 1.33. The van der Waals surface area contributed by atoms with Crippen molar-refractivity contribution in [3.05, 3.63) is 34.9 Å². The highest BCUT2D eigenvalue weighted by atomic mass is 35.5. The van der Waals surface area contributed by atoms with Crippen molar-refractivity contribution in [2.24, 2.45) is 0 Å². The van der Waals surface area contributed by atoms with Crippen LogP contribution in [0.25, 0.3) is 0 Å². The van der Waals surface area contributed by atoms with E-state index in [0.717, 1.165) is 30.8 Å². The molecule has 1 aliphatic heterocycles. The summed E-state index contributed by atoms with van der Waals surface area (Å²) in [4.78, 5) is 0. The van der Waals surface area contributed by atoms with Gasteiger partial charge in [-0.1, -0.05) is 23.7 Å². The van der Waals surface area contributed by atoms with Gasteiger partial charge in [0.05, 0.1) is 6.10 Å². The minimum absolute atomic E-state index is 0.415. The number of hydrogen-bond donors (Lipinski definition) is 1. The van der Waals surface area contributed by atoms with Crippen LogP contribution in [-0.2, 0) is 11.2 Å². The first-order valence-corrected chi connectivity index (χ1v) is 6.16. The van der Waals surface area contributed by atoms with Crippen LogP contribution >= 0.6 is 11.6 Å². The fourth-order valence-corrected chi connectivity index (χ4v) is 2.37. The third-order valence-electron chi connectivity index (χ3n) is 3.18. The maximum atomic E-state index is 5.86. The zero-order valence-corrected chi connectivity index (χ0v) is 10.3. The van der Waals surface area contributed by atoms with Crippen LogP contribution in [0.2, 0.25) is 5.02 Å². The quantitative estimate of drug-likeness (QED) is 0.876. The van der Waals surface area contributed by atoms with Gasteiger partial charge in [-0.3, -0.25) is 0 Å². The lowest BCUT2D eigenvalue weighted by molar-refractivity contribution is 0.0621. The minimum Gasteiger partial charge on any atom is -0.381 e. The molecule has 1 N–H and O–H groups in total. The molecule has 0 aliphatic carbocycles. The highest BCUT2D eigenvalue weighted by Crippen LogP contribution is 2.17. The van der Waals surface area contributed by atoms with Crippen molar-refractivity contribution in [1.82, 2.24) is 5.32 Å². The van der Waals surface area contributed by atoms with E-state index in [1.54, 1.807) is 7.11 Å². The Labute approximate surface area is 102 Å². The standard InChI is InChI=1S/C13H18ClNO/c1-16-13-6-7-15-12(9-13)8-10-2-4-11(14)5-3-10/h2-5,12-13,15H,6-9H2,1H3/t12?,13-/m1/s1. The summed E-state index contributed by atoms with van der Waals surface area (Å²) in [7, 11) is 1.80. The molecule has 2 nitrogen and oxygen atoms in total. The van der Waals surface area contributed by atoms with E-state index in [4.69, 9.17) is 16.3 Å². The summed E-state index contributed by atoms with van der Waals surface area (Å²) < 4.78 is 5.42. The molecular weight excluding hydrogens is 222 g/mol. The predicted octanol–water partition coefficient (Wildman–Crippen LogP) is 2.65. The molecule has 1 fully saturated rings. The van der Waals surface area contributed by atoms with Crippen LogP contribution in [0.15, 0.2) is 24.3 Å². The van der Waals surface area contributed by atoms with E-state index in [0.29, 0.717) is 12.1 Å². The molecule has 3 heteroatoms. The number of nitrogens with one attached hydrogen (secondary N) is 1. The zero-order chi connectivity index (χ0) is 11.4. The zero-order valence-electron chi connectivity index (χ0n) is 9.58. The van der Waals surface area contributed by atoms with Crippen molar-refractivity contribution in [3.8, 4) is 0 Å². The van der Waals surface area contributed by atoms with Crippen LogP contribution in [0.1, 0.15) is 18.4 Å². The van der Waals surface area contributed by atoms with E-state index in [2.05, 4.69) is 17.4 Å². The largest absolute Gasteiger partial charge is 0.381 e. The molecule has 16 heavy (non-hydrogen) atoms. The summed E-state index contributed by atoms with van der Waals surface area (Å²) in [6.45, 7) is 1.05. The normalized spacial score (nSPS) is 25.6. The van der Waals surface area contributed by atoms with Crippen molar-refractivity contribution < 1.29 is 4.74 Å². The lowest BCUT2D eigenvalue weighted by atomic mass is 9.96. The highest BCUT2D eigenvalue weighted by molar-refractivity contribution is 6.30. The molecule has 2 rings (SSSR count). The maximum Gasteiger partial charge on any atom is 0.0598 e. The van der Waals surface area contributed by atoms with E-state index in [1.807, 2.05) is 12.1 Å².